The molecule has 48 heavy (non-hydrogen) atoms. The zero-order valence-electron chi connectivity index (χ0n) is 28.1. The molecule has 2 heterocycles. The van der Waals surface area contributed by atoms with Crippen LogP contribution in [-0.2, 0) is 39.9 Å². The fourth-order valence-electron chi connectivity index (χ4n) is 4.89. The Balaban J connectivity index is 0.00000576. The first kappa shape index (κ1) is 43.6. The van der Waals surface area contributed by atoms with E-state index < -0.39 is 35.4 Å². The van der Waals surface area contributed by atoms with Gasteiger partial charge in [-0.1, -0.05) is 45.0 Å². The van der Waals surface area contributed by atoms with Gasteiger partial charge in [0.15, 0.2) is 0 Å². The van der Waals surface area contributed by atoms with Gasteiger partial charge in [0.05, 0.1) is 68.4 Å². The molecule has 1 aromatic carbocycles. The maximum atomic E-state index is 13.7. The summed E-state index contributed by atoms with van der Waals surface area (Å²) in [5, 5.41) is 16.1. The topological polar surface area (TPSA) is 175 Å². The van der Waals surface area contributed by atoms with Crippen LogP contribution in [0.1, 0.15) is 38.4 Å². The Hall–Kier alpha value is -2.40. The van der Waals surface area contributed by atoms with Gasteiger partial charge in [-0.3, -0.25) is 14.4 Å². The van der Waals surface area contributed by atoms with Crippen molar-refractivity contribution < 1.29 is 38.4 Å². The van der Waals surface area contributed by atoms with Crippen molar-refractivity contribution in [3.05, 3.63) is 41.0 Å². The molecule has 2 aromatic rings. The lowest BCUT2D eigenvalue weighted by molar-refractivity contribution is -0.144. The number of thiazole rings is 1. The number of hydrogen-bond acceptors (Lipinski definition) is 11. The number of likely N-dealkylation sites (tertiary alicyclic amines) is 1. The normalized spacial score (nSPS) is 16.5. The van der Waals surface area contributed by atoms with Crippen LogP contribution in [0.2, 0.25) is 0 Å². The number of aromatic nitrogens is 1. The average molecular weight is 737 g/mol. The SMILES string of the molecule is Cc1ncsc1-c1ccc(CNC(=O)C2CC(O)CN2C(=O)C(NC(=O)COCCOCCOCCOCCN)C(C)(C)C)cc1.Cl.Cl. The smallest absolute Gasteiger partial charge is 0.246 e. The zero-order chi connectivity index (χ0) is 33.5. The first-order valence-corrected chi connectivity index (χ1v) is 16.4. The van der Waals surface area contributed by atoms with Crippen molar-refractivity contribution >= 4 is 53.9 Å². The van der Waals surface area contributed by atoms with Gasteiger partial charge in [-0.15, -0.1) is 36.2 Å². The highest BCUT2D eigenvalue weighted by Crippen LogP contribution is 2.28. The average Bonchev–Trinajstić information content (AvgIpc) is 3.63. The lowest BCUT2D eigenvalue weighted by Crippen LogP contribution is -2.58. The van der Waals surface area contributed by atoms with Gasteiger partial charge in [0.2, 0.25) is 17.7 Å². The predicted octanol–water partition coefficient (Wildman–Crippen LogP) is 2.10. The Bertz CT molecular complexity index is 1250. The summed E-state index contributed by atoms with van der Waals surface area (Å²) in [6, 6.07) is 6.07. The molecule has 1 saturated heterocycles. The first-order valence-electron chi connectivity index (χ1n) is 15.6. The monoisotopic (exact) mass is 735 g/mol. The van der Waals surface area contributed by atoms with Crippen LogP contribution in [0.3, 0.4) is 0 Å². The van der Waals surface area contributed by atoms with Gasteiger partial charge in [0, 0.05) is 26.1 Å². The van der Waals surface area contributed by atoms with Crippen LogP contribution in [0.4, 0.5) is 0 Å². The lowest BCUT2D eigenvalue weighted by Gasteiger charge is -2.35. The molecule has 1 aliphatic rings. The second-order valence-electron chi connectivity index (χ2n) is 12.1. The van der Waals surface area contributed by atoms with Crippen LogP contribution >= 0.6 is 36.2 Å². The minimum Gasteiger partial charge on any atom is -0.391 e. The molecule has 3 amide bonds. The van der Waals surface area contributed by atoms with E-state index in [9.17, 15) is 19.5 Å². The van der Waals surface area contributed by atoms with E-state index >= 15 is 0 Å². The van der Waals surface area contributed by atoms with Crippen molar-refractivity contribution in [1.29, 1.82) is 0 Å². The second-order valence-corrected chi connectivity index (χ2v) is 13.0. The number of carbonyl (C=O) groups excluding carboxylic acids is 3. The van der Waals surface area contributed by atoms with E-state index in [4.69, 9.17) is 24.7 Å². The molecule has 16 heteroatoms. The standard InChI is InChI=1S/C32H49N5O8S.2ClH/c1-22-28(46-21-35-22)24-7-5-23(6-8-24)18-34-30(40)26-17-25(38)19-37(26)31(41)29(32(2,3)4)36-27(39)20-45-16-15-44-14-13-43-12-11-42-10-9-33;;/h5-8,21,25-26,29,38H,9-20,33H2,1-4H3,(H,34,40)(H,36,39);2*1H. The van der Waals surface area contributed by atoms with E-state index in [-0.39, 0.29) is 70.1 Å². The second kappa shape index (κ2) is 22.3. The maximum absolute atomic E-state index is 13.7. The summed E-state index contributed by atoms with van der Waals surface area (Å²) in [5.74, 6) is -1.26. The van der Waals surface area contributed by atoms with Gasteiger partial charge in [-0.2, -0.15) is 0 Å². The van der Waals surface area contributed by atoms with Crippen molar-refractivity contribution in [2.75, 3.05) is 65.9 Å². The third-order valence-corrected chi connectivity index (χ3v) is 8.30. The summed E-state index contributed by atoms with van der Waals surface area (Å²) in [6.07, 6.45) is -0.737. The summed E-state index contributed by atoms with van der Waals surface area (Å²) in [6.45, 7) is 10.6. The summed E-state index contributed by atoms with van der Waals surface area (Å²) in [4.78, 5) is 46.5. The minimum atomic E-state index is -0.936. The Morgan fingerprint density at radius 3 is 2.12 bits per heavy atom. The van der Waals surface area contributed by atoms with Gasteiger partial charge < -0.3 is 45.3 Å². The highest BCUT2D eigenvalue weighted by Gasteiger charge is 2.44. The van der Waals surface area contributed by atoms with Crippen molar-refractivity contribution in [3.63, 3.8) is 0 Å². The summed E-state index contributed by atoms with van der Waals surface area (Å²) in [5.41, 5.74) is 9.42. The number of benzene rings is 1. The molecular weight excluding hydrogens is 685 g/mol. The lowest BCUT2D eigenvalue weighted by atomic mass is 9.85. The molecular formula is C32H51Cl2N5O8S. The Kier molecular flexibility index (Phi) is 20.3. The molecule has 3 unspecified atom stereocenters. The fraction of sp³-hybridized carbons (Fsp3) is 0.625. The number of ether oxygens (including phenoxy) is 4. The van der Waals surface area contributed by atoms with E-state index in [0.717, 1.165) is 21.7 Å². The van der Waals surface area contributed by atoms with Gasteiger partial charge in [-0.05, 0) is 23.5 Å². The predicted molar refractivity (Wildman–Crippen MR) is 188 cm³/mol. The highest BCUT2D eigenvalue weighted by molar-refractivity contribution is 7.13. The highest BCUT2D eigenvalue weighted by atomic mass is 35.5. The number of amides is 3. The summed E-state index contributed by atoms with van der Waals surface area (Å²) in [7, 11) is 0. The van der Waals surface area contributed by atoms with Crippen LogP contribution in [0.25, 0.3) is 10.4 Å². The molecule has 0 bridgehead atoms. The molecule has 1 aliphatic heterocycles. The van der Waals surface area contributed by atoms with E-state index in [1.54, 1.807) is 11.3 Å². The van der Waals surface area contributed by atoms with Crippen LogP contribution in [-0.4, -0.2) is 117 Å². The molecule has 13 nitrogen and oxygen atoms in total. The van der Waals surface area contributed by atoms with Gasteiger partial charge >= 0.3 is 0 Å². The largest absolute Gasteiger partial charge is 0.391 e. The molecule has 0 aliphatic carbocycles. The number of nitrogens with zero attached hydrogens (tertiary/aromatic N) is 2. The number of nitrogens with one attached hydrogen (secondary N) is 2. The number of aliphatic hydroxyl groups is 1. The molecule has 272 valence electrons. The Morgan fingerprint density at radius 2 is 1.58 bits per heavy atom. The van der Waals surface area contributed by atoms with E-state index in [1.807, 2.05) is 57.5 Å². The van der Waals surface area contributed by atoms with Crippen molar-refractivity contribution in [3.8, 4) is 10.4 Å². The van der Waals surface area contributed by atoms with Gasteiger partial charge in [-0.25, -0.2) is 4.98 Å². The molecule has 1 aromatic heterocycles. The van der Waals surface area contributed by atoms with E-state index in [1.165, 1.54) is 4.90 Å². The van der Waals surface area contributed by atoms with E-state index in [2.05, 4.69) is 15.6 Å². The van der Waals surface area contributed by atoms with Gasteiger partial charge in [0.1, 0.15) is 18.7 Å². The molecule has 1 fully saturated rings. The number of aryl methyl sites for hydroxylation is 1. The van der Waals surface area contributed by atoms with Crippen LogP contribution in [0.15, 0.2) is 29.8 Å². The number of nitrogens with two attached hydrogens (primary N) is 1. The van der Waals surface area contributed by atoms with Crippen LogP contribution < -0.4 is 16.4 Å². The number of carbonyl (C=O) groups is 3. The number of rotatable bonds is 19. The number of aliphatic hydroxyl groups excluding tert-OH is 1. The third-order valence-electron chi connectivity index (χ3n) is 7.32. The quantitative estimate of drug-likeness (QED) is 0.157. The number of β-amino-alcohol motifs (C(OH)–C–C–N with tert-alkyl or cyclic N) is 1. The molecule has 0 radical (unpaired) electrons. The molecule has 0 spiro atoms. The minimum absolute atomic E-state index is 0. The summed E-state index contributed by atoms with van der Waals surface area (Å²) >= 11 is 1.58. The van der Waals surface area contributed by atoms with Crippen molar-refractivity contribution in [2.45, 2.75) is 58.8 Å². The first-order chi connectivity index (χ1) is 22.0. The zero-order valence-corrected chi connectivity index (χ0v) is 30.6. The molecule has 3 rings (SSSR count). The Morgan fingerprint density at radius 1 is 1.00 bits per heavy atom. The summed E-state index contributed by atoms with van der Waals surface area (Å²) < 4.78 is 21.5. The van der Waals surface area contributed by atoms with Crippen molar-refractivity contribution in [2.24, 2.45) is 11.1 Å². The van der Waals surface area contributed by atoms with Crippen LogP contribution in [0.5, 0.6) is 0 Å². The number of halogens is 2. The molecule has 0 saturated carbocycles. The maximum Gasteiger partial charge on any atom is 0.246 e. The van der Waals surface area contributed by atoms with Gasteiger partial charge in [0.25, 0.3) is 0 Å². The Labute approximate surface area is 299 Å². The molecule has 3 atom stereocenters. The third kappa shape index (κ3) is 14.2. The fourth-order valence-corrected chi connectivity index (χ4v) is 5.70. The molecule has 5 N–H and O–H groups in total. The van der Waals surface area contributed by atoms with Crippen molar-refractivity contribution in [1.82, 2.24) is 20.5 Å². The number of hydrogen-bond donors (Lipinski definition) is 4. The van der Waals surface area contributed by atoms with E-state index in [0.29, 0.717) is 39.6 Å². The van der Waals surface area contributed by atoms with Crippen LogP contribution in [0, 0.1) is 12.3 Å².